The first-order chi connectivity index (χ1) is 7.25. The average Bonchev–Trinajstić information content (AvgIpc) is 2.86. The summed E-state index contributed by atoms with van der Waals surface area (Å²) in [5.74, 6) is -0.465. The molecule has 2 rings (SSSR count). The Morgan fingerprint density at radius 3 is 2.93 bits per heavy atom. The van der Waals surface area contributed by atoms with Gasteiger partial charge in [0.05, 0.1) is 6.54 Å². The molecular formula is C10H9NO3S. The lowest BCUT2D eigenvalue weighted by atomic mass is 10.4. The molecule has 0 unspecified atom stereocenters. The predicted octanol–water partition coefficient (Wildman–Crippen LogP) is 2.65. The average molecular weight is 223 g/mol. The van der Waals surface area contributed by atoms with Crippen molar-refractivity contribution in [3.05, 3.63) is 40.5 Å². The Labute approximate surface area is 90.2 Å². The van der Waals surface area contributed by atoms with Gasteiger partial charge in [-0.05, 0) is 23.6 Å². The maximum Gasteiger partial charge on any atom is 0.371 e. The molecule has 0 radical (unpaired) electrons. The molecule has 5 heteroatoms. The molecule has 0 aliphatic carbocycles. The number of aromatic carboxylic acids is 1. The first-order valence-electron chi connectivity index (χ1n) is 4.34. The number of carboxylic acids is 1. The van der Waals surface area contributed by atoms with Gasteiger partial charge in [-0.2, -0.15) is 11.3 Å². The standard InChI is InChI=1S/C10H9NO3S/c12-10(13)9-2-1-8(14-9)5-11-7-3-4-15-6-7/h1-4,6,11H,5H2,(H,12,13). The van der Waals surface area contributed by atoms with Crippen molar-refractivity contribution in [2.75, 3.05) is 5.32 Å². The fraction of sp³-hybridized carbons (Fsp3) is 0.100. The van der Waals surface area contributed by atoms with Crippen LogP contribution >= 0.6 is 11.3 Å². The second-order valence-electron chi connectivity index (χ2n) is 2.94. The normalized spacial score (nSPS) is 10.1. The fourth-order valence-electron chi connectivity index (χ4n) is 1.14. The van der Waals surface area contributed by atoms with Gasteiger partial charge in [-0.15, -0.1) is 0 Å². The lowest BCUT2D eigenvalue weighted by Crippen LogP contribution is -1.97. The van der Waals surface area contributed by atoms with E-state index in [2.05, 4.69) is 5.32 Å². The van der Waals surface area contributed by atoms with Crippen molar-refractivity contribution < 1.29 is 14.3 Å². The Morgan fingerprint density at radius 2 is 2.33 bits per heavy atom. The first-order valence-corrected chi connectivity index (χ1v) is 5.28. The molecule has 0 saturated heterocycles. The lowest BCUT2D eigenvalue weighted by Gasteiger charge is -1.99. The Balaban J connectivity index is 1.96. The number of carboxylic acid groups (broad SMARTS) is 1. The molecule has 2 N–H and O–H groups in total. The molecule has 0 spiro atoms. The predicted molar refractivity (Wildman–Crippen MR) is 57.3 cm³/mol. The van der Waals surface area contributed by atoms with E-state index >= 15 is 0 Å². The summed E-state index contributed by atoms with van der Waals surface area (Å²) in [6.45, 7) is 0.490. The van der Waals surface area contributed by atoms with E-state index < -0.39 is 5.97 Å². The molecule has 0 saturated carbocycles. The van der Waals surface area contributed by atoms with Crippen molar-refractivity contribution in [1.29, 1.82) is 0 Å². The van der Waals surface area contributed by atoms with Crippen LogP contribution in [-0.2, 0) is 6.54 Å². The third kappa shape index (κ3) is 2.38. The van der Waals surface area contributed by atoms with Crippen molar-refractivity contribution in [2.45, 2.75) is 6.54 Å². The molecule has 4 nitrogen and oxygen atoms in total. The molecule has 2 aromatic heterocycles. The summed E-state index contributed by atoms with van der Waals surface area (Å²) in [4.78, 5) is 10.5. The van der Waals surface area contributed by atoms with Gasteiger partial charge in [0, 0.05) is 11.1 Å². The number of furan rings is 1. The molecule has 2 heterocycles. The topological polar surface area (TPSA) is 62.5 Å². The van der Waals surface area contributed by atoms with E-state index in [-0.39, 0.29) is 5.76 Å². The van der Waals surface area contributed by atoms with E-state index in [9.17, 15) is 4.79 Å². The van der Waals surface area contributed by atoms with Gasteiger partial charge < -0.3 is 14.8 Å². The van der Waals surface area contributed by atoms with Crippen LogP contribution in [0.1, 0.15) is 16.3 Å². The van der Waals surface area contributed by atoms with Gasteiger partial charge in [0.2, 0.25) is 5.76 Å². The summed E-state index contributed by atoms with van der Waals surface area (Å²) >= 11 is 1.60. The number of carbonyl (C=O) groups is 1. The van der Waals surface area contributed by atoms with Gasteiger partial charge in [-0.3, -0.25) is 0 Å². The second kappa shape index (κ2) is 4.18. The monoisotopic (exact) mass is 223 g/mol. The van der Waals surface area contributed by atoms with Gasteiger partial charge in [-0.25, -0.2) is 4.79 Å². The molecule has 0 aromatic carbocycles. The molecular weight excluding hydrogens is 214 g/mol. The minimum Gasteiger partial charge on any atom is -0.475 e. The van der Waals surface area contributed by atoms with Crippen LogP contribution in [0.3, 0.4) is 0 Å². The summed E-state index contributed by atoms with van der Waals surface area (Å²) in [5.41, 5.74) is 1.01. The van der Waals surface area contributed by atoms with E-state index in [4.69, 9.17) is 9.52 Å². The zero-order chi connectivity index (χ0) is 10.7. The van der Waals surface area contributed by atoms with Crippen LogP contribution in [0.4, 0.5) is 5.69 Å². The quantitative estimate of drug-likeness (QED) is 0.836. The number of hydrogen-bond donors (Lipinski definition) is 2. The Bertz CT molecular complexity index is 447. The molecule has 78 valence electrons. The summed E-state index contributed by atoms with van der Waals surface area (Å²) < 4.78 is 5.08. The summed E-state index contributed by atoms with van der Waals surface area (Å²) in [7, 11) is 0. The highest BCUT2D eigenvalue weighted by atomic mass is 32.1. The SMILES string of the molecule is O=C(O)c1ccc(CNc2ccsc2)o1. The minimum atomic E-state index is -1.04. The van der Waals surface area contributed by atoms with E-state index in [1.165, 1.54) is 6.07 Å². The maximum atomic E-state index is 10.5. The van der Waals surface area contributed by atoms with Crippen LogP contribution in [0.2, 0.25) is 0 Å². The second-order valence-corrected chi connectivity index (χ2v) is 3.72. The molecule has 0 bridgehead atoms. The van der Waals surface area contributed by atoms with Crippen LogP contribution in [-0.4, -0.2) is 11.1 Å². The number of rotatable bonds is 4. The van der Waals surface area contributed by atoms with Crippen molar-refractivity contribution >= 4 is 23.0 Å². The molecule has 0 amide bonds. The zero-order valence-electron chi connectivity index (χ0n) is 7.77. The zero-order valence-corrected chi connectivity index (χ0v) is 8.58. The minimum absolute atomic E-state index is 0.0304. The van der Waals surface area contributed by atoms with Gasteiger partial charge in [-0.1, -0.05) is 0 Å². The number of nitrogens with one attached hydrogen (secondary N) is 1. The van der Waals surface area contributed by atoms with Gasteiger partial charge in [0.15, 0.2) is 0 Å². The third-order valence-electron chi connectivity index (χ3n) is 1.86. The van der Waals surface area contributed by atoms with E-state index in [0.29, 0.717) is 12.3 Å². The highest BCUT2D eigenvalue weighted by Crippen LogP contribution is 2.14. The number of hydrogen-bond acceptors (Lipinski definition) is 4. The van der Waals surface area contributed by atoms with Crippen LogP contribution < -0.4 is 5.32 Å². The summed E-state index contributed by atoms with van der Waals surface area (Å²) in [6, 6.07) is 5.06. The van der Waals surface area contributed by atoms with Crippen LogP contribution in [0.25, 0.3) is 0 Å². The molecule has 2 aromatic rings. The Kier molecular flexibility index (Phi) is 2.73. The molecule has 0 atom stereocenters. The van der Waals surface area contributed by atoms with Crippen molar-refractivity contribution in [2.24, 2.45) is 0 Å². The van der Waals surface area contributed by atoms with E-state index in [1.54, 1.807) is 17.4 Å². The van der Waals surface area contributed by atoms with Crippen LogP contribution in [0.15, 0.2) is 33.4 Å². The maximum absolute atomic E-state index is 10.5. The van der Waals surface area contributed by atoms with Gasteiger partial charge >= 0.3 is 5.97 Å². The lowest BCUT2D eigenvalue weighted by molar-refractivity contribution is 0.0660. The molecule has 0 aliphatic heterocycles. The Hall–Kier alpha value is -1.75. The van der Waals surface area contributed by atoms with Crippen molar-refractivity contribution in [3.63, 3.8) is 0 Å². The summed E-state index contributed by atoms with van der Waals surface area (Å²) in [5, 5.41) is 15.7. The van der Waals surface area contributed by atoms with E-state index in [1.807, 2.05) is 16.8 Å². The van der Waals surface area contributed by atoms with Crippen molar-refractivity contribution in [1.82, 2.24) is 0 Å². The Morgan fingerprint density at radius 1 is 1.47 bits per heavy atom. The largest absolute Gasteiger partial charge is 0.475 e. The van der Waals surface area contributed by atoms with Gasteiger partial charge in [0.25, 0.3) is 0 Å². The molecule has 0 aliphatic rings. The highest BCUT2D eigenvalue weighted by Gasteiger charge is 2.08. The van der Waals surface area contributed by atoms with Crippen molar-refractivity contribution in [3.8, 4) is 0 Å². The van der Waals surface area contributed by atoms with Crippen LogP contribution in [0, 0.1) is 0 Å². The number of thiophene rings is 1. The molecule has 0 fully saturated rings. The van der Waals surface area contributed by atoms with E-state index in [0.717, 1.165) is 5.69 Å². The number of anilines is 1. The molecule has 15 heavy (non-hydrogen) atoms. The highest BCUT2D eigenvalue weighted by molar-refractivity contribution is 7.08. The fourth-order valence-corrected chi connectivity index (χ4v) is 1.75. The summed E-state index contributed by atoms with van der Waals surface area (Å²) in [6.07, 6.45) is 0. The smallest absolute Gasteiger partial charge is 0.371 e. The van der Waals surface area contributed by atoms with Crippen LogP contribution in [0.5, 0.6) is 0 Å². The first kappa shape index (κ1) is 9.79. The third-order valence-corrected chi connectivity index (χ3v) is 2.54. The van der Waals surface area contributed by atoms with Gasteiger partial charge in [0.1, 0.15) is 5.76 Å².